The average Bonchev–Trinajstić information content (AvgIpc) is 3.81. The van der Waals surface area contributed by atoms with E-state index in [0.29, 0.717) is 5.82 Å². The van der Waals surface area contributed by atoms with Crippen LogP contribution in [-0.2, 0) is 0 Å². The van der Waals surface area contributed by atoms with E-state index >= 15 is 0 Å². The van der Waals surface area contributed by atoms with Crippen molar-refractivity contribution >= 4 is 56.9 Å². The molecular formula is C55H42N4Si. The Hall–Kier alpha value is -7.34. The molecule has 0 aliphatic rings. The molecule has 5 heteroatoms. The molecule has 4 nitrogen and oxygen atoms in total. The molecule has 0 unspecified atom stereocenters. The summed E-state index contributed by atoms with van der Waals surface area (Å²) in [5.41, 5.74) is 14.4. The largest absolute Gasteiger partial charge is 0.309 e. The van der Waals surface area contributed by atoms with E-state index in [-0.39, 0.29) is 0 Å². The predicted molar refractivity (Wildman–Crippen MR) is 255 cm³/mol. The topological polar surface area (TPSA) is 35.6 Å². The number of hydrogen-bond acceptors (Lipinski definition) is 2. The molecule has 11 rings (SSSR count). The Kier molecular flexibility index (Phi) is 8.46. The van der Waals surface area contributed by atoms with Gasteiger partial charge in [0.2, 0.25) is 0 Å². The minimum atomic E-state index is -1.40. The van der Waals surface area contributed by atoms with Crippen LogP contribution in [0, 0.1) is 0 Å². The number of rotatable bonds is 7. The highest BCUT2D eigenvalue weighted by Crippen LogP contribution is 2.39. The molecule has 0 bridgehead atoms. The lowest BCUT2D eigenvalue weighted by Gasteiger charge is -2.17. The SMILES string of the molecule is C[Si](C)(C)c1ccc(-n2c3ccccc3c3cc(-c4ccc5c(c4)c4ccccc4n5-c4ccc(-c5nc(-c6ccccc6)cc(-c6ccccc6)n5)cc4)ccc32)cc1. The van der Waals surface area contributed by atoms with Crippen LogP contribution in [0.2, 0.25) is 19.6 Å². The summed E-state index contributed by atoms with van der Waals surface area (Å²) < 4.78 is 4.79. The fourth-order valence-electron chi connectivity index (χ4n) is 8.82. The van der Waals surface area contributed by atoms with Crippen molar-refractivity contribution in [1.82, 2.24) is 19.1 Å². The summed E-state index contributed by atoms with van der Waals surface area (Å²) >= 11 is 0. The zero-order chi connectivity index (χ0) is 40.4. The summed E-state index contributed by atoms with van der Waals surface area (Å²) in [4.78, 5) is 10.2. The van der Waals surface area contributed by atoms with Gasteiger partial charge < -0.3 is 9.13 Å². The van der Waals surface area contributed by atoms with Crippen LogP contribution in [0.15, 0.2) is 200 Å². The number of benzene rings is 8. The third-order valence-corrected chi connectivity index (χ3v) is 14.0. The summed E-state index contributed by atoms with van der Waals surface area (Å²) in [6, 6.07) is 72.1. The quantitative estimate of drug-likeness (QED) is 0.151. The number of para-hydroxylation sites is 2. The van der Waals surface area contributed by atoms with Gasteiger partial charge in [0.1, 0.15) is 0 Å². The molecule has 0 amide bonds. The molecule has 3 heterocycles. The maximum Gasteiger partial charge on any atom is 0.160 e. The van der Waals surface area contributed by atoms with Gasteiger partial charge >= 0.3 is 0 Å². The summed E-state index contributed by atoms with van der Waals surface area (Å²) in [5, 5.41) is 6.44. The zero-order valence-corrected chi connectivity index (χ0v) is 34.8. The number of fused-ring (bicyclic) bond motifs is 6. The normalized spacial score (nSPS) is 11.9. The van der Waals surface area contributed by atoms with Crippen LogP contribution >= 0.6 is 0 Å². The first-order valence-electron chi connectivity index (χ1n) is 20.7. The summed E-state index contributed by atoms with van der Waals surface area (Å²) in [6.07, 6.45) is 0. The standard InChI is InChI=1S/C55H42N4Si/c1-60(2,3)44-30-28-43(29-31-44)59-52-21-13-11-19-46(52)48-35-41(25-33-54(48)59)40-24-32-53-47(34-40)45-18-10-12-20-51(45)58(53)42-26-22-39(23-27-42)55-56-49(37-14-6-4-7-15-37)36-50(57-55)38-16-8-5-9-17-38/h4-36H,1-3H3. The van der Waals surface area contributed by atoms with E-state index < -0.39 is 8.07 Å². The molecule has 0 saturated carbocycles. The van der Waals surface area contributed by atoms with E-state index in [2.05, 4.69) is 217 Å². The Morgan fingerprint density at radius 3 is 1.20 bits per heavy atom. The average molecular weight is 787 g/mol. The Bertz CT molecular complexity index is 3320. The number of nitrogens with zero attached hydrogens (tertiary/aromatic N) is 4. The lowest BCUT2D eigenvalue weighted by Crippen LogP contribution is -2.37. The van der Waals surface area contributed by atoms with E-state index in [1.165, 1.54) is 65.6 Å². The van der Waals surface area contributed by atoms with Crippen LogP contribution in [0.5, 0.6) is 0 Å². The first-order chi connectivity index (χ1) is 29.4. The maximum absolute atomic E-state index is 5.08. The predicted octanol–water partition coefficient (Wildman–Crippen LogP) is 13.9. The van der Waals surface area contributed by atoms with Crippen LogP contribution in [0.4, 0.5) is 0 Å². The van der Waals surface area contributed by atoms with Gasteiger partial charge in [0, 0.05) is 49.6 Å². The smallest absolute Gasteiger partial charge is 0.160 e. The van der Waals surface area contributed by atoms with Crippen LogP contribution in [-0.4, -0.2) is 27.2 Å². The van der Waals surface area contributed by atoms with Crippen molar-refractivity contribution < 1.29 is 0 Å². The van der Waals surface area contributed by atoms with Gasteiger partial charge in [0.25, 0.3) is 0 Å². The molecule has 0 aliphatic carbocycles. The van der Waals surface area contributed by atoms with E-state index in [0.717, 1.165) is 33.8 Å². The van der Waals surface area contributed by atoms with Crippen molar-refractivity contribution in [2.24, 2.45) is 0 Å². The minimum Gasteiger partial charge on any atom is -0.309 e. The summed E-state index contributed by atoms with van der Waals surface area (Å²) in [6.45, 7) is 7.21. The first kappa shape index (κ1) is 35.8. The van der Waals surface area contributed by atoms with Gasteiger partial charge in [-0.15, -0.1) is 0 Å². The zero-order valence-electron chi connectivity index (χ0n) is 33.8. The van der Waals surface area contributed by atoms with Crippen molar-refractivity contribution in [2.45, 2.75) is 19.6 Å². The molecule has 0 spiro atoms. The molecule has 0 saturated heterocycles. The lowest BCUT2D eigenvalue weighted by atomic mass is 10.0. The third-order valence-electron chi connectivity index (χ3n) is 11.9. The maximum atomic E-state index is 5.08. The third kappa shape index (κ3) is 6.14. The minimum absolute atomic E-state index is 0.702. The molecule has 0 N–H and O–H groups in total. The molecule has 286 valence electrons. The van der Waals surface area contributed by atoms with E-state index in [1.807, 2.05) is 12.1 Å². The molecule has 8 aromatic carbocycles. The fraction of sp³-hybridized carbons (Fsp3) is 0.0545. The van der Waals surface area contributed by atoms with Crippen molar-refractivity contribution in [3.8, 4) is 56.4 Å². The Labute approximate surface area is 350 Å². The van der Waals surface area contributed by atoms with Gasteiger partial charge in [-0.2, -0.15) is 0 Å². The van der Waals surface area contributed by atoms with Crippen molar-refractivity contribution in [1.29, 1.82) is 0 Å². The van der Waals surface area contributed by atoms with E-state index in [1.54, 1.807) is 0 Å². The highest BCUT2D eigenvalue weighted by Gasteiger charge is 2.19. The Morgan fingerprint density at radius 1 is 0.333 bits per heavy atom. The van der Waals surface area contributed by atoms with Crippen molar-refractivity contribution in [3.05, 3.63) is 200 Å². The van der Waals surface area contributed by atoms with Gasteiger partial charge in [-0.1, -0.05) is 146 Å². The molecule has 11 aromatic rings. The highest BCUT2D eigenvalue weighted by molar-refractivity contribution is 6.88. The second-order valence-corrected chi connectivity index (χ2v) is 21.8. The molecule has 0 atom stereocenters. The van der Waals surface area contributed by atoms with Crippen molar-refractivity contribution in [2.75, 3.05) is 0 Å². The molecule has 60 heavy (non-hydrogen) atoms. The van der Waals surface area contributed by atoms with Crippen LogP contribution in [0.3, 0.4) is 0 Å². The molecule has 0 radical (unpaired) electrons. The summed E-state index contributed by atoms with van der Waals surface area (Å²) in [7, 11) is -1.40. The first-order valence-corrected chi connectivity index (χ1v) is 24.2. The molecule has 3 aromatic heterocycles. The van der Waals surface area contributed by atoms with Gasteiger partial charge in [-0.3, -0.25) is 0 Å². The molecule has 0 fully saturated rings. The number of hydrogen-bond donors (Lipinski definition) is 0. The van der Waals surface area contributed by atoms with Gasteiger partial charge in [0.15, 0.2) is 5.82 Å². The Balaban J connectivity index is 0.990. The van der Waals surface area contributed by atoms with Gasteiger partial charge in [0.05, 0.1) is 41.5 Å². The monoisotopic (exact) mass is 786 g/mol. The van der Waals surface area contributed by atoms with Crippen molar-refractivity contribution in [3.63, 3.8) is 0 Å². The van der Waals surface area contributed by atoms with Crippen LogP contribution in [0.1, 0.15) is 0 Å². The lowest BCUT2D eigenvalue weighted by molar-refractivity contribution is 1.16. The van der Waals surface area contributed by atoms with Gasteiger partial charge in [-0.05, 0) is 90.0 Å². The Morgan fingerprint density at radius 2 is 0.733 bits per heavy atom. The van der Waals surface area contributed by atoms with E-state index in [4.69, 9.17) is 9.97 Å². The van der Waals surface area contributed by atoms with Crippen LogP contribution in [0.25, 0.3) is 100 Å². The van der Waals surface area contributed by atoms with Gasteiger partial charge in [-0.25, -0.2) is 9.97 Å². The molecule has 0 aliphatic heterocycles. The van der Waals surface area contributed by atoms with Crippen LogP contribution < -0.4 is 5.19 Å². The highest BCUT2D eigenvalue weighted by atomic mass is 28.3. The fourth-order valence-corrected chi connectivity index (χ4v) is 9.99. The summed E-state index contributed by atoms with van der Waals surface area (Å²) in [5.74, 6) is 0.702. The second-order valence-electron chi connectivity index (χ2n) is 16.7. The van der Waals surface area contributed by atoms with E-state index in [9.17, 15) is 0 Å². The number of aromatic nitrogens is 4. The molecular weight excluding hydrogens is 745 g/mol. The second kappa shape index (κ2) is 14.2.